The van der Waals surface area contributed by atoms with Crippen molar-refractivity contribution >= 4 is 23.0 Å². The van der Waals surface area contributed by atoms with Gasteiger partial charge in [-0.1, -0.05) is 18.2 Å². The van der Waals surface area contributed by atoms with Crippen LogP contribution in [0.3, 0.4) is 0 Å². The molecule has 13 heavy (non-hydrogen) atoms. The summed E-state index contributed by atoms with van der Waals surface area (Å²) in [7, 11) is 0. The molecular formula is C9H13N3S. The summed E-state index contributed by atoms with van der Waals surface area (Å²) >= 11 is 4.66. The molecular weight excluding hydrogens is 182 g/mol. The number of nitrogens with two attached hydrogens (primary N) is 1. The summed E-state index contributed by atoms with van der Waals surface area (Å²) in [4.78, 5) is 0. The molecule has 0 aliphatic heterocycles. The normalized spacial score (nSPS) is 9.23. The van der Waals surface area contributed by atoms with Crippen LogP contribution in [0.25, 0.3) is 0 Å². The molecule has 1 aromatic rings. The summed E-state index contributed by atoms with van der Waals surface area (Å²) in [6.07, 6.45) is 0. The second-order valence-corrected chi connectivity index (χ2v) is 3.02. The van der Waals surface area contributed by atoms with E-state index >= 15 is 0 Å². The molecule has 0 atom stereocenters. The van der Waals surface area contributed by atoms with Gasteiger partial charge in [0.05, 0.1) is 0 Å². The minimum absolute atomic E-state index is 0.342. The smallest absolute Gasteiger partial charge is 0.163 e. The van der Waals surface area contributed by atoms with E-state index in [2.05, 4.69) is 22.9 Å². The van der Waals surface area contributed by atoms with Gasteiger partial charge in [-0.2, -0.15) is 0 Å². The quantitative estimate of drug-likeness (QED) is 0.494. The molecule has 4 heteroatoms. The van der Waals surface area contributed by atoms with Crippen LogP contribution in [0, 0.1) is 0 Å². The molecule has 0 amide bonds. The molecule has 4 N–H and O–H groups in total. The Morgan fingerprint density at radius 3 is 2.54 bits per heavy atom. The van der Waals surface area contributed by atoms with Crippen LogP contribution in [0.15, 0.2) is 30.3 Å². The van der Waals surface area contributed by atoms with Crippen LogP contribution in [0.1, 0.15) is 0 Å². The van der Waals surface area contributed by atoms with E-state index in [1.165, 1.54) is 0 Å². The zero-order valence-corrected chi connectivity index (χ0v) is 8.10. The van der Waals surface area contributed by atoms with Crippen molar-refractivity contribution in [3.63, 3.8) is 0 Å². The fraction of sp³-hybridized carbons (Fsp3) is 0.222. The average molecular weight is 195 g/mol. The zero-order valence-electron chi connectivity index (χ0n) is 7.29. The Kier molecular flexibility index (Phi) is 4.05. The predicted octanol–water partition coefficient (Wildman–Crippen LogP) is 0.932. The lowest BCUT2D eigenvalue weighted by Gasteiger charge is -2.06. The highest BCUT2D eigenvalue weighted by molar-refractivity contribution is 7.80. The molecule has 0 saturated heterocycles. The van der Waals surface area contributed by atoms with E-state index in [1.807, 2.05) is 30.3 Å². The second kappa shape index (κ2) is 5.37. The second-order valence-electron chi connectivity index (χ2n) is 2.58. The van der Waals surface area contributed by atoms with Gasteiger partial charge in [0.2, 0.25) is 0 Å². The molecule has 0 aliphatic carbocycles. The lowest BCUT2D eigenvalue weighted by Crippen LogP contribution is -2.32. The van der Waals surface area contributed by atoms with Gasteiger partial charge in [0.15, 0.2) is 5.11 Å². The molecule has 0 radical (unpaired) electrons. The van der Waals surface area contributed by atoms with Gasteiger partial charge in [-0.05, 0) is 24.4 Å². The highest BCUT2D eigenvalue weighted by Crippen LogP contribution is 2.03. The Hall–Kier alpha value is -1.29. The van der Waals surface area contributed by atoms with Crippen LogP contribution in [0.5, 0.6) is 0 Å². The van der Waals surface area contributed by atoms with Crippen molar-refractivity contribution in [2.75, 3.05) is 18.4 Å². The zero-order chi connectivity index (χ0) is 9.52. The van der Waals surface area contributed by atoms with Crippen molar-refractivity contribution in [1.82, 2.24) is 5.32 Å². The van der Waals surface area contributed by atoms with Gasteiger partial charge in [0.1, 0.15) is 0 Å². The minimum Gasteiger partial charge on any atom is -0.383 e. The van der Waals surface area contributed by atoms with E-state index in [0.29, 0.717) is 5.11 Å². The number of anilines is 1. The molecule has 0 unspecified atom stereocenters. The van der Waals surface area contributed by atoms with E-state index < -0.39 is 0 Å². The molecule has 1 rings (SSSR count). The molecule has 0 spiro atoms. The predicted molar refractivity (Wildman–Crippen MR) is 59.7 cm³/mol. The van der Waals surface area contributed by atoms with E-state index in [0.717, 1.165) is 18.8 Å². The molecule has 0 aromatic heterocycles. The molecule has 0 heterocycles. The van der Waals surface area contributed by atoms with Crippen LogP contribution in [0.2, 0.25) is 0 Å². The highest BCUT2D eigenvalue weighted by atomic mass is 32.1. The maximum atomic E-state index is 5.26. The van der Waals surface area contributed by atoms with Crippen LogP contribution in [0.4, 0.5) is 5.69 Å². The van der Waals surface area contributed by atoms with Crippen LogP contribution >= 0.6 is 12.2 Å². The number of hydrogen-bond acceptors (Lipinski definition) is 2. The van der Waals surface area contributed by atoms with Crippen molar-refractivity contribution < 1.29 is 0 Å². The summed E-state index contributed by atoms with van der Waals surface area (Å²) in [6, 6.07) is 9.99. The molecule has 0 fully saturated rings. The van der Waals surface area contributed by atoms with E-state index in [9.17, 15) is 0 Å². The lowest BCUT2D eigenvalue weighted by atomic mass is 10.3. The fourth-order valence-corrected chi connectivity index (χ4v) is 1.05. The third kappa shape index (κ3) is 4.32. The summed E-state index contributed by atoms with van der Waals surface area (Å²) in [6.45, 7) is 1.55. The van der Waals surface area contributed by atoms with Gasteiger partial charge in [-0.3, -0.25) is 0 Å². The molecule has 0 aliphatic rings. The summed E-state index contributed by atoms with van der Waals surface area (Å²) in [5, 5.41) is 6.43. The third-order valence-corrected chi connectivity index (χ3v) is 1.67. The monoisotopic (exact) mass is 195 g/mol. The fourth-order valence-electron chi connectivity index (χ4n) is 0.949. The summed E-state index contributed by atoms with van der Waals surface area (Å²) in [5.74, 6) is 0. The molecule has 0 bridgehead atoms. The SMILES string of the molecule is NC(=S)NCCNc1ccccc1. The maximum Gasteiger partial charge on any atom is 0.163 e. The first-order valence-electron chi connectivity index (χ1n) is 4.11. The third-order valence-electron chi connectivity index (χ3n) is 1.53. The molecule has 3 nitrogen and oxygen atoms in total. The Bertz CT molecular complexity index is 261. The van der Waals surface area contributed by atoms with Crippen molar-refractivity contribution in [2.24, 2.45) is 5.73 Å². The Morgan fingerprint density at radius 2 is 1.92 bits per heavy atom. The van der Waals surface area contributed by atoms with Crippen molar-refractivity contribution in [3.8, 4) is 0 Å². The van der Waals surface area contributed by atoms with Gasteiger partial charge in [-0.15, -0.1) is 0 Å². The van der Waals surface area contributed by atoms with Crippen LogP contribution in [-0.4, -0.2) is 18.2 Å². The Balaban J connectivity index is 2.17. The average Bonchev–Trinajstić information content (AvgIpc) is 2.14. The standard InChI is InChI=1S/C9H13N3S/c10-9(13)12-7-6-11-8-4-2-1-3-5-8/h1-5,11H,6-7H2,(H3,10,12,13). The van der Waals surface area contributed by atoms with Crippen molar-refractivity contribution in [1.29, 1.82) is 0 Å². The lowest BCUT2D eigenvalue weighted by molar-refractivity contribution is 0.911. The van der Waals surface area contributed by atoms with E-state index in [4.69, 9.17) is 5.73 Å². The molecule has 0 saturated carbocycles. The largest absolute Gasteiger partial charge is 0.383 e. The topological polar surface area (TPSA) is 50.1 Å². The summed E-state index contributed by atoms with van der Waals surface area (Å²) < 4.78 is 0. The van der Waals surface area contributed by atoms with E-state index in [-0.39, 0.29) is 0 Å². The van der Waals surface area contributed by atoms with Gasteiger partial charge in [0.25, 0.3) is 0 Å². The number of benzene rings is 1. The van der Waals surface area contributed by atoms with Gasteiger partial charge in [-0.25, -0.2) is 0 Å². The van der Waals surface area contributed by atoms with Crippen LogP contribution in [-0.2, 0) is 0 Å². The number of para-hydroxylation sites is 1. The van der Waals surface area contributed by atoms with Gasteiger partial charge >= 0.3 is 0 Å². The highest BCUT2D eigenvalue weighted by Gasteiger charge is 1.89. The van der Waals surface area contributed by atoms with Crippen molar-refractivity contribution in [2.45, 2.75) is 0 Å². The number of nitrogens with one attached hydrogen (secondary N) is 2. The maximum absolute atomic E-state index is 5.26. The van der Waals surface area contributed by atoms with Gasteiger partial charge in [0, 0.05) is 18.8 Å². The number of rotatable bonds is 4. The van der Waals surface area contributed by atoms with E-state index in [1.54, 1.807) is 0 Å². The molecule has 70 valence electrons. The molecule has 1 aromatic carbocycles. The Morgan fingerprint density at radius 1 is 1.23 bits per heavy atom. The summed E-state index contributed by atoms with van der Waals surface area (Å²) in [5.41, 5.74) is 6.37. The first-order chi connectivity index (χ1) is 6.29. The number of hydrogen-bond donors (Lipinski definition) is 3. The van der Waals surface area contributed by atoms with Crippen LogP contribution < -0.4 is 16.4 Å². The minimum atomic E-state index is 0.342. The first-order valence-corrected chi connectivity index (χ1v) is 4.52. The first kappa shape index (κ1) is 9.80. The number of thiocarbonyl (C=S) groups is 1. The Labute approximate surface area is 83.3 Å². The van der Waals surface area contributed by atoms with Gasteiger partial charge < -0.3 is 16.4 Å². The van der Waals surface area contributed by atoms with Crippen molar-refractivity contribution in [3.05, 3.63) is 30.3 Å².